The van der Waals surface area contributed by atoms with Gasteiger partial charge in [-0.15, -0.1) is 0 Å². The number of carbonyl (C=O) groups is 1. The Labute approximate surface area is 76.9 Å². The first-order valence-electron chi connectivity index (χ1n) is 3.05. The van der Waals surface area contributed by atoms with Crippen LogP contribution >= 0.6 is 11.6 Å². The molecule has 13 heavy (non-hydrogen) atoms. The lowest BCUT2D eigenvalue weighted by molar-refractivity contribution is -0.389. The van der Waals surface area contributed by atoms with Crippen LogP contribution in [0.1, 0.15) is 10.4 Å². The fraction of sp³-hybridized carbons (Fsp3) is 0. The summed E-state index contributed by atoms with van der Waals surface area (Å²) in [6.07, 6.45) is 0.850. The van der Waals surface area contributed by atoms with Gasteiger partial charge in [0.25, 0.3) is 0 Å². The summed E-state index contributed by atoms with van der Waals surface area (Å²) in [6.45, 7) is 0. The smallest absolute Gasteiger partial charge is 0.364 e. The molecule has 1 N–H and O–H groups in total. The number of aromatic carboxylic acids is 1. The van der Waals surface area contributed by atoms with Crippen LogP contribution in [-0.2, 0) is 0 Å². The number of nitro groups is 1. The number of hydrogen-bond acceptors (Lipinski definition) is 4. The highest BCUT2D eigenvalue weighted by molar-refractivity contribution is 6.33. The maximum atomic E-state index is 10.4. The van der Waals surface area contributed by atoms with E-state index in [1.807, 2.05) is 0 Å². The molecule has 0 radical (unpaired) electrons. The molecule has 0 aliphatic carbocycles. The van der Waals surface area contributed by atoms with Crippen molar-refractivity contribution in [3.63, 3.8) is 0 Å². The summed E-state index contributed by atoms with van der Waals surface area (Å²) in [5, 5.41) is 18.5. The van der Waals surface area contributed by atoms with Crippen molar-refractivity contribution in [2.75, 3.05) is 0 Å². The Morgan fingerprint density at radius 3 is 2.69 bits per heavy atom. The summed E-state index contributed by atoms with van der Waals surface area (Å²) in [6, 6.07) is 0.894. The topological polar surface area (TPSA) is 93.3 Å². The molecule has 0 atom stereocenters. The quantitative estimate of drug-likeness (QED) is 0.577. The van der Waals surface area contributed by atoms with Gasteiger partial charge in [-0.25, -0.2) is 4.79 Å². The molecule has 1 aromatic rings. The van der Waals surface area contributed by atoms with E-state index in [1.165, 1.54) is 0 Å². The van der Waals surface area contributed by atoms with Crippen molar-refractivity contribution < 1.29 is 14.8 Å². The second-order valence-electron chi connectivity index (χ2n) is 2.08. The number of carboxylic acid groups (broad SMARTS) is 1. The lowest BCUT2D eigenvalue weighted by Crippen LogP contribution is -2.00. The predicted octanol–water partition coefficient (Wildman–Crippen LogP) is 1.34. The summed E-state index contributed by atoms with van der Waals surface area (Å²) in [4.78, 5) is 23.1. The lowest BCUT2D eigenvalue weighted by Gasteiger charge is -1.95. The zero-order valence-corrected chi connectivity index (χ0v) is 6.85. The lowest BCUT2D eigenvalue weighted by atomic mass is 10.3. The first kappa shape index (κ1) is 9.40. The van der Waals surface area contributed by atoms with Crippen molar-refractivity contribution >= 4 is 23.4 Å². The molecule has 0 fully saturated rings. The number of rotatable bonds is 2. The van der Waals surface area contributed by atoms with E-state index in [2.05, 4.69) is 4.98 Å². The summed E-state index contributed by atoms with van der Waals surface area (Å²) in [5.41, 5.74) is -0.257. The standard InChI is InChI=1S/C6H3ClN2O4/c7-4-1-5(9(12)13)8-2-3(4)6(10)11/h1-2H,(H,10,11). The average Bonchev–Trinajstić information content (AvgIpc) is 2.03. The zero-order chi connectivity index (χ0) is 10.0. The molecule has 68 valence electrons. The zero-order valence-electron chi connectivity index (χ0n) is 6.10. The van der Waals surface area contributed by atoms with Crippen LogP contribution in [0.4, 0.5) is 5.82 Å². The molecule has 1 rings (SSSR count). The van der Waals surface area contributed by atoms with Crippen molar-refractivity contribution in [2.24, 2.45) is 0 Å². The molecule has 0 aromatic carbocycles. The van der Waals surface area contributed by atoms with Gasteiger partial charge in [-0.05, 0) is 9.91 Å². The minimum Gasteiger partial charge on any atom is -0.478 e. The van der Waals surface area contributed by atoms with Crippen LogP contribution < -0.4 is 0 Å². The Morgan fingerprint density at radius 1 is 1.69 bits per heavy atom. The third kappa shape index (κ3) is 1.91. The van der Waals surface area contributed by atoms with Crippen LogP contribution in [0.2, 0.25) is 5.02 Å². The number of aromatic nitrogens is 1. The number of pyridine rings is 1. The molecule has 0 amide bonds. The van der Waals surface area contributed by atoms with Gasteiger partial charge in [0, 0.05) is 0 Å². The van der Waals surface area contributed by atoms with E-state index in [0.29, 0.717) is 0 Å². The average molecular weight is 203 g/mol. The van der Waals surface area contributed by atoms with Gasteiger partial charge in [-0.3, -0.25) is 0 Å². The monoisotopic (exact) mass is 202 g/mol. The van der Waals surface area contributed by atoms with Crippen LogP contribution in [0.3, 0.4) is 0 Å². The maximum absolute atomic E-state index is 10.4. The predicted molar refractivity (Wildman–Crippen MR) is 42.9 cm³/mol. The highest BCUT2D eigenvalue weighted by Crippen LogP contribution is 2.19. The highest BCUT2D eigenvalue weighted by Gasteiger charge is 2.16. The SMILES string of the molecule is O=C(O)c1cnc([N+](=O)[O-])cc1Cl. The summed E-state index contributed by atoms with van der Waals surface area (Å²) < 4.78 is 0. The molecular weight excluding hydrogens is 200 g/mol. The van der Waals surface area contributed by atoms with E-state index in [9.17, 15) is 14.9 Å². The second kappa shape index (κ2) is 3.36. The van der Waals surface area contributed by atoms with Gasteiger partial charge in [0.15, 0.2) is 6.20 Å². The van der Waals surface area contributed by atoms with Crippen molar-refractivity contribution in [1.82, 2.24) is 4.98 Å². The molecule has 0 spiro atoms. The van der Waals surface area contributed by atoms with E-state index in [1.54, 1.807) is 0 Å². The number of halogens is 1. The third-order valence-corrected chi connectivity index (χ3v) is 1.57. The van der Waals surface area contributed by atoms with Crippen LogP contribution in [-0.4, -0.2) is 21.0 Å². The largest absolute Gasteiger partial charge is 0.478 e. The summed E-state index contributed by atoms with van der Waals surface area (Å²) in [5.74, 6) is -1.75. The van der Waals surface area contributed by atoms with Crippen LogP contribution in [0.15, 0.2) is 12.3 Å². The number of hydrogen-bond donors (Lipinski definition) is 1. The molecule has 6 nitrogen and oxygen atoms in total. The Morgan fingerprint density at radius 2 is 2.31 bits per heavy atom. The Balaban J connectivity index is 3.20. The molecular formula is C6H3ClN2O4. The Hall–Kier alpha value is -1.69. The van der Waals surface area contributed by atoms with Crippen molar-refractivity contribution in [3.05, 3.63) is 33.0 Å². The Bertz CT molecular complexity index is 379. The molecule has 7 heteroatoms. The Kier molecular flexibility index (Phi) is 2.43. The minimum absolute atomic E-state index is 0.200. The van der Waals surface area contributed by atoms with Crippen LogP contribution in [0.5, 0.6) is 0 Å². The van der Waals surface area contributed by atoms with Gasteiger partial charge in [-0.2, -0.15) is 0 Å². The van der Waals surface area contributed by atoms with Gasteiger partial charge >= 0.3 is 11.8 Å². The van der Waals surface area contributed by atoms with E-state index >= 15 is 0 Å². The molecule has 1 heterocycles. The van der Waals surface area contributed by atoms with E-state index in [-0.39, 0.29) is 10.6 Å². The minimum atomic E-state index is -1.27. The number of nitrogens with zero attached hydrogens (tertiary/aromatic N) is 2. The molecule has 0 saturated carbocycles. The van der Waals surface area contributed by atoms with Gasteiger partial charge in [-0.1, -0.05) is 11.6 Å². The van der Waals surface area contributed by atoms with Gasteiger partial charge in [0.05, 0.1) is 11.1 Å². The normalized spacial score (nSPS) is 9.62. The van der Waals surface area contributed by atoms with Gasteiger partial charge < -0.3 is 15.2 Å². The van der Waals surface area contributed by atoms with Gasteiger partial charge in [0.2, 0.25) is 0 Å². The summed E-state index contributed by atoms with van der Waals surface area (Å²) in [7, 11) is 0. The van der Waals surface area contributed by atoms with Crippen LogP contribution in [0.25, 0.3) is 0 Å². The molecule has 0 aliphatic rings. The van der Waals surface area contributed by atoms with Crippen molar-refractivity contribution in [3.8, 4) is 0 Å². The third-order valence-electron chi connectivity index (χ3n) is 1.26. The highest BCUT2D eigenvalue weighted by atomic mass is 35.5. The van der Waals surface area contributed by atoms with Crippen LogP contribution in [0, 0.1) is 10.1 Å². The first-order valence-corrected chi connectivity index (χ1v) is 3.43. The molecule has 0 aliphatic heterocycles. The fourth-order valence-electron chi connectivity index (χ4n) is 0.678. The van der Waals surface area contributed by atoms with Crippen molar-refractivity contribution in [1.29, 1.82) is 0 Å². The fourth-order valence-corrected chi connectivity index (χ4v) is 0.905. The second-order valence-corrected chi connectivity index (χ2v) is 2.49. The van der Waals surface area contributed by atoms with E-state index in [0.717, 1.165) is 12.3 Å². The number of carboxylic acids is 1. The molecule has 0 unspecified atom stereocenters. The molecule has 0 bridgehead atoms. The molecule has 1 aromatic heterocycles. The first-order chi connectivity index (χ1) is 6.02. The van der Waals surface area contributed by atoms with Crippen molar-refractivity contribution in [2.45, 2.75) is 0 Å². The van der Waals surface area contributed by atoms with Gasteiger partial charge in [0.1, 0.15) is 5.56 Å². The van der Waals surface area contributed by atoms with E-state index in [4.69, 9.17) is 16.7 Å². The summed E-state index contributed by atoms with van der Waals surface area (Å²) >= 11 is 5.44. The molecule has 0 saturated heterocycles. The maximum Gasteiger partial charge on any atom is 0.364 e. The van der Waals surface area contributed by atoms with E-state index < -0.39 is 16.7 Å².